The normalized spacial score (nSPS) is 11.8. The predicted octanol–water partition coefficient (Wildman–Crippen LogP) is 10.8. The zero-order chi connectivity index (χ0) is 30.9. The molecule has 10 rings (SSSR count). The van der Waals surface area contributed by atoms with E-state index in [2.05, 4.69) is 126 Å². The van der Waals surface area contributed by atoms with E-state index in [-0.39, 0.29) is 0 Å². The molecule has 0 spiro atoms. The summed E-state index contributed by atoms with van der Waals surface area (Å²) in [5.74, 6) is 1.78. The van der Waals surface area contributed by atoms with Gasteiger partial charge in [0, 0.05) is 33.7 Å². The van der Waals surface area contributed by atoms with E-state index in [9.17, 15) is 0 Å². The lowest BCUT2D eigenvalue weighted by Crippen LogP contribution is -2.00. The summed E-state index contributed by atoms with van der Waals surface area (Å²) in [5, 5.41) is 11.1. The minimum absolute atomic E-state index is 0.556. The van der Waals surface area contributed by atoms with Crippen molar-refractivity contribution >= 4 is 65.2 Å². The van der Waals surface area contributed by atoms with Gasteiger partial charge in [-0.1, -0.05) is 115 Å². The van der Waals surface area contributed by atoms with Crippen LogP contribution in [-0.4, -0.2) is 19.9 Å². The maximum Gasteiger partial charge on any atom is 0.228 e. The summed E-state index contributed by atoms with van der Waals surface area (Å²) < 4.78 is 6.41. The summed E-state index contributed by atoms with van der Waals surface area (Å²) in [6, 6.07) is 48.4. The second-order valence-corrected chi connectivity index (χ2v) is 11.9. The van der Waals surface area contributed by atoms with Crippen molar-refractivity contribution in [2.45, 2.75) is 0 Å². The quantitative estimate of drug-likeness (QED) is 0.189. The van der Waals surface area contributed by atoms with Crippen LogP contribution in [0.3, 0.4) is 0 Å². The molecule has 0 unspecified atom stereocenters. The Labute approximate surface area is 268 Å². The summed E-state index contributed by atoms with van der Waals surface area (Å²) in [6.07, 6.45) is 1.77. The van der Waals surface area contributed by atoms with E-state index >= 15 is 0 Å². The van der Waals surface area contributed by atoms with Gasteiger partial charge in [0.05, 0.1) is 5.39 Å². The minimum Gasteiger partial charge on any atom is -0.437 e. The van der Waals surface area contributed by atoms with Crippen molar-refractivity contribution in [2.75, 3.05) is 0 Å². The van der Waals surface area contributed by atoms with Gasteiger partial charge in [0.15, 0.2) is 17.5 Å². The van der Waals surface area contributed by atoms with E-state index in [0.29, 0.717) is 23.2 Å². The molecule has 0 aliphatic carbocycles. The van der Waals surface area contributed by atoms with Crippen molar-refractivity contribution in [1.82, 2.24) is 19.9 Å². The molecule has 0 N–H and O–H groups in total. The summed E-state index contributed by atoms with van der Waals surface area (Å²) >= 11 is 0. The van der Waals surface area contributed by atoms with Crippen LogP contribution in [0.5, 0.6) is 0 Å². The Morgan fingerprint density at radius 1 is 0.404 bits per heavy atom. The molecule has 218 valence electrons. The van der Waals surface area contributed by atoms with Gasteiger partial charge >= 0.3 is 0 Å². The van der Waals surface area contributed by atoms with Gasteiger partial charge in [-0.15, -0.1) is 0 Å². The van der Waals surface area contributed by atoms with Crippen LogP contribution in [0.2, 0.25) is 0 Å². The Kier molecular flexibility index (Phi) is 5.51. The third-order valence-corrected chi connectivity index (χ3v) is 9.15. The first-order valence-corrected chi connectivity index (χ1v) is 15.6. The van der Waals surface area contributed by atoms with Gasteiger partial charge < -0.3 is 4.42 Å². The Morgan fingerprint density at radius 3 is 1.79 bits per heavy atom. The van der Waals surface area contributed by atoms with Crippen LogP contribution < -0.4 is 0 Å². The molecule has 10 aromatic rings. The first-order valence-electron chi connectivity index (χ1n) is 15.6. The fraction of sp³-hybridized carbons (Fsp3) is 0. The molecule has 5 nitrogen and oxygen atoms in total. The second kappa shape index (κ2) is 10.0. The Balaban J connectivity index is 1.25. The van der Waals surface area contributed by atoms with Gasteiger partial charge in [-0.25, -0.2) is 19.9 Å². The number of fused-ring (bicyclic) bond motifs is 9. The van der Waals surface area contributed by atoms with Crippen LogP contribution >= 0.6 is 0 Å². The van der Waals surface area contributed by atoms with E-state index in [0.717, 1.165) is 54.6 Å². The molecule has 47 heavy (non-hydrogen) atoms. The molecule has 0 saturated heterocycles. The maximum atomic E-state index is 6.41. The monoisotopic (exact) mass is 600 g/mol. The van der Waals surface area contributed by atoms with Gasteiger partial charge in [0.1, 0.15) is 5.58 Å². The first kappa shape index (κ1) is 25.8. The number of pyridine rings is 1. The molecule has 0 fully saturated rings. The molecule has 0 aliphatic rings. The van der Waals surface area contributed by atoms with Crippen LogP contribution in [0, 0.1) is 0 Å². The summed E-state index contributed by atoms with van der Waals surface area (Å²) in [5.41, 5.74) is 4.06. The lowest BCUT2D eigenvalue weighted by molar-refractivity contribution is 0.657. The van der Waals surface area contributed by atoms with Gasteiger partial charge in [-0.3, -0.25) is 0 Å². The van der Waals surface area contributed by atoms with Gasteiger partial charge in [0.25, 0.3) is 0 Å². The first-order chi connectivity index (χ1) is 23.3. The molecule has 0 saturated carbocycles. The SMILES string of the molecule is c1ccc2cc(-c3nc(-c4ccc5ccc6ccccc6c5c4)nc(-c4ccnc5oc6c7ccccc7ccc6c45)n3)ccc2c1. The zero-order valence-electron chi connectivity index (χ0n) is 25.1. The van der Waals surface area contributed by atoms with Crippen LogP contribution in [0.15, 0.2) is 150 Å². The zero-order valence-corrected chi connectivity index (χ0v) is 25.1. The standard InChI is InChI=1S/C42H24N4O/c1-2-10-29-23-30(17-13-25(29)7-1)39-44-40(31-18-16-28-15-14-26-8-3-5-11-32(26)36(28)24-31)46-41(45-39)35-21-22-43-42-37(35)34-20-19-27-9-4-6-12-33(27)38(34)47-42/h1-24H. The summed E-state index contributed by atoms with van der Waals surface area (Å²) in [6.45, 7) is 0. The number of aromatic nitrogens is 4. The smallest absolute Gasteiger partial charge is 0.228 e. The lowest BCUT2D eigenvalue weighted by atomic mass is 9.99. The van der Waals surface area contributed by atoms with E-state index in [1.165, 1.54) is 21.5 Å². The molecular weight excluding hydrogens is 576 g/mol. The molecule has 5 heteroatoms. The maximum absolute atomic E-state index is 6.41. The molecule has 0 radical (unpaired) electrons. The van der Waals surface area contributed by atoms with Crippen molar-refractivity contribution in [1.29, 1.82) is 0 Å². The highest BCUT2D eigenvalue weighted by atomic mass is 16.3. The van der Waals surface area contributed by atoms with Crippen molar-refractivity contribution in [3.8, 4) is 34.2 Å². The van der Waals surface area contributed by atoms with Crippen LogP contribution in [-0.2, 0) is 0 Å². The van der Waals surface area contributed by atoms with E-state index in [1.54, 1.807) is 6.20 Å². The highest BCUT2D eigenvalue weighted by molar-refractivity contribution is 6.18. The number of rotatable bonds is 3. The average Bonchev–Trinajstić information content (AvgIpc) is 3.54. The Hall–Kier alpha value is -6.46. The van der Waals surface area contributed by atoms with Gasteiger partial charge in [0.2, 0.25) is 5.71 Å². The molecule has 7 aromatic carbocycles. The summed E-state index contributed by atoms with van der Waals surface area (Å²) in [7, 11) is 0. The van der Waals surface area contributed by atoms with Crippen LogP contribution in [0.25, 0.3) is 99.3 Å². The average molecular weight is 601 g/mol. The third kappa shape index (κ3) is 4.10. The predicted molar refractivity (Wildman–Crippen MR) is 191 cm³/mol. The fourth-order valence-corrected chi connectivity index (χ4v) is 6.84. The number of hydrogen-bond donors (Lipinski definition) is 0. The Bertz CT molecular complexity index is 2870. The highest BCUT2D eigenvalue weighted by Gasteiger charge is 2.20. The number of hydrogen-bond acceptors (Lipinski definition) is 5. The largest absolute Gasteiger partial charge is 0.437 e. The molecule has 0 amide bonds. The molecule has 0 aliphatic heterocycles. The van der Waals surface area contributed by atoms with Crippen molar-refractivity contribution in [3.63, 3.8) is 0 Å². The van der Waals surface area contributed by atoms with Gasteiger partial charge in [-0.2, -0.15) is 0 Å². The van der Waals surface area contributed by atoms with E-state index in [1.807, 2.05) is 18.2 Å². The molecule has 0 atom stereocenters. The fourth-order valence-electron chi connectivity index (χ4n) is 6.84. The molecule has 3 heterocycles. The highest BCUT2D eigenvalue weighted by Crippen LogP contribution is 2.39. The molecular formula is C42H24N4O. The lowest BCUT2D eigenvalue weighted by Gasteiger charge is -2.11. The molecule has 0 bridgehead atoms. The minimum atomic E-state index is 0.556. The number of nitrogens with zero attached hydrogens (tertiary/aromatic N) is 4. The van der Waals surface area contributed by atoms with Crippen molar-refractivity contribution < 1.29 is 4.42 Å². The topological polar surface area (TPSA) is 64.7 Å². The second-order valence-electron chi connectivity index (χ2n) is 11.9. The van der Waals surface area contributed by atoms with Crippen molar-refractivity contribution in [2.24, 2.45) is 0 Å². The van der Waals surface area contributed by atoms with Crippen molar-refractivity contribution in [3.05, 3.63) is 146 Å². The molecule has 3 aromatic heterocycles. The summed E-state index contributed by atoms with van der Waals surface area (Å²) in [4.78, 5) is 20.0. The third-order valence-electron chi connectivity index (χ3n) is 9.15. The van der Waals surface area contributed by atoms with E-state index < -0.39 is 0 Å². The Morgan fingerprint density at radius 2 is 0.979 bits per heavy atom. The van der Waals surface area contributed by atoms with Crippen LogP contribution in [0.4, 0.5) is 0 Å². The number of furan rings is 1. The van der Waals surface area contributed by atoms with E-state index in [4.69, 9.17) is 19.4 Å². The number of benzene rings is 7. The van der Waals surface area contributed by atoms with Crippen LogP contribution in [0.1, 0.15) is 0 Å². The van der Waals surface area contributed by atoms with Gasteiger partial charge in [-0.05, 0) is 62.0 Å².